The van der Waals surface area contributed by atoms with Crippen molar-refractivity contribution in [2.75, 3.05) is 0 Å². The molecule has 5 rings (SSSR count). The Bertz CT molecular complexity index is 1250. The Morgan fingerprint density at radius 3 is 2.31 bits per heavy atom. The Hall–Kier alpha value is -3.44. The first kappa shape index (κ1) is 17.6. The number of benzene rings is 3. The lowest BCUT2D eigenvalue weighted by atomic mass is 10.1. The van der Waals surface area contributed by atoms with Gasteiger partial charge in [0.15, 0.2) is 11.0 Å². The first-order chi connectivity index (χ1) is 14.4. The number of hydrogen-bond acceptors (Lipinski definition) is 4. The molecule has 0 aliphatic heterocycles. The summed E-state index contributed by atoms with van der Waals surface area (Å²) in [6.07, 6.45) is 3.56. The van der Waals surface area contributed by atoms with Gasteiger partial charge in [0.2, 0.25) is 0 Å². The highest BCUT2D eigenvalue weighted by atomic mass is 32.2. The molecule has 0 N–H and O–H groups in total. The van der Waals surface area contributed by atoms with E-state index < -0.39 is 0 Å². The average Bonchev–Trinajstić information content (AvgIpc) is 3.23. The van der Waals surface area contributed by atoms with E-state index in [9.17, 15) is 0 Å². The fraction of sp³-hybridized carbons (Fsp3) is 0.0417. The molecule has 29 heavy (non-hydrogen) atoms. The fourth-order valence-electron chi connectivity index (χ4n) is 3.34. The molecular weight excluding hydrogens is 376 g/mol. The summed E-state index contributed by atoms with van der Waals surface area (Å²) in [7, 11) is 0. The van der Waals surface area contributed by atoms with Crippen molar-refractivity contribution < 1.29 is 0 Å². The lowest BCUT2D eigenvalue weighted by Gasteiger charge is -2.10. The molecule has 2 aromatic heterocycles. The first-order valence-electron chi connectivity index (χ1n) is 9.40. The summed E-state index contributed by atoms with van der Waals surface area (Å²) in [5, 5.41) is 12.4. The van der Waals surface area contributed by atoms with Gasteiger partial charge in [-0.25, -0.2) is 0 Å². The van der Waals surface area contributed by atoms with Crippen LogP contribution in [0.25, 0.3) is 27.8 Å². The molecule has 2 heterocycles. The maximum Gasteiger partial charge on any atom is 0.196 e. The number of para-hydroxylation sites is 1. The topological polar surface area (TPSA) is 43.6 Å². The summed E-state index contributed by atoms with van der Waals surface area (Å²) < 4.78 is 2.11. The summed E-state index contributed by atoms with van der Waals surface area (Å²) in [6.45, 7) is 0. The van der Waals surface area contributed by atoms with E-state index >= 15 is 0 Å². The van der Waals surface area contributed by atoms with Gasteiger partial charge in [0.25, 0.3) is 0 Å². The molecule has 5 heteroatoms. The van der Waals surface area contributed by atoms with Crippen LogP contribution in [-0.4, -0.2) is 19.7 Å². The lowest BCUT2D eigenvalue weighted by molar-refractivity contribution is 0.886. The van der Waals surface area contributed by atoms with E-state index in [0.717, 1.165) is 28.0 Å². The molecule has 0 saturated heterocycles. The summed E-state index contributed by atoms with van der Waals surface area (Å²) >= 11 is 1.69. The minimum absolute atomic E-state index is 0.819. The molecule has 0 fully saturated rings. The van der Waals surface area contributed by atoms with Crippen LogP contribution in [0.2, 0.25) is 0 Å². The second-order valence-corrected chi connectivity index (χ2v) is 7.63. The van der Waals surface area contributed by atoms with Gasteiger partial charge in [-0.3, -0.25) is 9.55 Å². The predicted molar refractivity (Wildman–Crippen MR) is 118 cm³/mol. The van der Waals surface area contributed by atoms with E-state index in [4.69, 9.17) is 0 Å². The molecule has 4 nitrogen and oxygen atoms in total. The SMILES string of the molecule is c1ccc(-n2c(SCc3ccc4ccccc4c3)nnc2-c2ccncc2)cc1. The number of aromatic nitrogens is 4. The Labute approximate surface area is 173 Å². The van der Waals surface area contributed by atoms with E-state index in [1.165, 1.54) is 16.3 Å². The van der Waals surface area contributed by atoms with E-state index in [0.29, 0.717) is 0 Å². The van der Waals surface area contributed by atoms with Crippen molar-refractivity contribution in [3.63, 3.8) is 0 Å². The predicted octanol–water partition coefficient (Wildman–Crippen LogP) is 5.77. The molecule has 5 aromatic rings. The van der Waals surface area contributed by atoms with Crippen molar-refractivity contribution in [2.45, 2.75) is 10.9 Å². The third-order valence-electron chi connectivity index (χ3n) is 4.77. The minimum Gasteiger partial charge on any atom is -0.270 e. The van der Waals surface area contributed by atoms with Crippen LogP contribution in [0.15, 0.2) is 102 Å². The molecule has 3 aromatic carbocycles. The number of hydrogen-bond donors (Lipinski definition) is 0. The van der Waals surface area contributed by atoms with Crippen LogP contribution >= 0.6 is 11.8 Å². The van der Waals surface area contributed by atoms with E-state index in [-0.39, 0.29) is 0 Å². The van der Waals surface area contributed by atoms with Crippen LogP contribution in [-0.2, 0) is 5.75 Å². The zero-order valence-electron chi connectivity index (χ0n) is 15.6. The molecule has 140 valence electrons. The summed E-state index contributed by atoms with van der Waals surface area (Å²) in [5.41, 5.74) is 3.31. The van der Waals surface area contributed by atoms with E-state index in [2.05, 4.69) is 74.3 Å². The van der Waals surface area contributed by atoms with Crippen molar-refractivity contribution in [1.29, 1.82) is 0 Å². The molecule has 0 unspecified atom stereocenters. The second kappa shape index (κ2) is 7.89. The molecule has 0 bridgehead atoms. The Balaban J connectivity index is 1.50. The van der Waals surface area contributed by atoms with Crippen molar-refractivity contribution in [2.24, 2.45) is 0 Å². The highest BCUT2D eigenvalue weighted by Crippen LogP contribution is 2.30. The highest BCUT2D eigenvalue weighted by Gasteiger charge is 2.16. The summed E-state index contributed by atoms with van der Waals surface area (Å²) in [4.78, 5) is 4.12. The fourth-order valence-corrected chi connectivity index (χ4v) is 4.23. The Kier molecular flexibility index (Phi) is 4.80. The Morgan fingerprint density at radius 1 is 0.724 bits per heavy atom. The first-order valence-corrected chi connectivity index (χ1v) is 10.4. The third-order valence-corrected chi connectivity index (χ3v) is 5.77. The molecule has 0 amide bonds. The smallest absolute Gasteiger partial charge is 0.196 e. The van der Waals surface area contributed by atoms with Crippen molar-refractivity contribution >= 4 is 22.5 Å². The summed E-state index contributed by atoms with van der Waals surface area (Å²) in [6, 6.07) is 29.2. The maximum atomic E-state index is 4.50. The van der Waals surface area contributed by atoms with Gasteiger partial charge in [0, 0.05) is 29.4 Å². The Morgan fingerprint density at radius 2 is 1.48 bits per heavy atom. The van der Waals surface area contributed by atoms with Crippen LogP contribution in [0.1, 0.15) is 5.56 Å². The van der Waals surface area contributed by atoms with Crippen LogP contribution < -0.4 is 0 Å². The largest absolute Gasteiger partial charge is 0.270 e. The molecule has 0 saturated carbocycles. The lowest BCUT2D eigenvalue weighted by Crippen LogP contribution is -1.99. The van der Waals surface area contributed by atoms with Gasteiger partial charge in [0.1, 0.15) is 0 Å². The number of nitrogens with zero attached hydrogens (tertiary/aromatic N) is 4. The van der Waals surface area contributed by atoms with Crippen LogP contribution in [0.3, 0.4) is 0 Å². The number of fused-ring (bicyclic) bond motifs is 1. The van der Waals surface area contributed by atoms with Crippen LogP contribution in [0.5, 0.6) is 0 Å². The van der Waals surface area contributed by atoms with Gasteiger partial charge in [-0.15, -0.1) is 10.2 Å². The molecule has 0 spiro atoms. The summed E-state index contributed by atoms with van der Waals surface area (Å²) in [5.74, 6) is 1.64. The zero-order valence-corrected chi connectivity index (χ0v) is 16.5. The van der Waals surface area contributed by atoms with Gasteiger partial charge < -0.3 is 0 Å². The molecular formula is C24H18N4S. The number of thioether (sulfide) groups is 1. The van der Waals surface area contributed by atoms with Crippen molar-refractivity contribution in [3.8, 4) is 17.1 Å². The molecule has 0 aliphatic rings. The van der Waals surface area contributed by atoms with Crippen LogP contribution in [0.4, 0.5) is 0 Å². The third kappa shape index (κ3) is 3.65. The van der Waals surface area contributed by atoms with Crippen LogP contribution in [0, 0.1) is 0 Å². The van der Waals surface area contributed by atoms with Gasteiger partial charge in [-0.1, -0.05) is 72.4 Å². The normalized spacial score (nSPS) is 11.0. The molecule has 0 radical (unpaired) electrons. The van der Waals surface area contributed by atoms with E-state index in [1.807, 2.05) is 30.3 Å². The van der Waals surface area contributed by atoms with Gasteiger partial charge >= 0.3 is 0 Å². The van der Waals surface area contributed by atoms with E-state index in [1.54, 1.807) is 24.2 Å². The monoisotopic (exact) mass is 394 g/mol. The number of pyridine rings is 1. The van der Waals surface area contributed by atoms with Gasteiger partial charge in [-0.2, -0.15) is 0 Å². The highest BCUT2D eigenvalue weighted by molar-refractivity contribution is 7.98. The second-order valence-electron chi connectivity index (χ2n) is 6.68. The van der Waals surface area contributed by atoms with Gasteiger partial charge in [0.05, 0.1) is 0 Å². The minimum atomic E-state index is 0.819. The molecule has 0 atom stereocenters. The zero-order chi connectivity index (χ0) is 19.5. The van der Waals surface area contributed by atoms with Crippen molar-refractivity contribution in [1.82, 2.24) is 19.7 Å². The van der Waals surface area contributed by atoms with Crippen molar-refractivity contribution in [3.05, 3.63) is 103 Å². The molecule has 0 aliphatic carbocycles. The van der Waals surface area contributed by atoms with Gasteiger partial charge in [-0.05, 0) is 40.6 Å². The standard InChI is InChI=1S/C24H18N4S/c1-2-8-22(9-3-1)28-23(20-12-14-25-15-13-20)26-27-24(28)29-17-18-10-11-19-6-4-5-7-21(19)16-18/h1-16H,17H2. The number of rotatable bonds is 5. The quantitative estimate of drug-likeness (QED) is 0.355. The average molecular weight is 395 g/mol. The maximum absolute atomic E-state index is 4.50.